The summed E-state index contributed by atoms with van der Waals surface area (Å²) in [7, 11) is 0. The fourth-order valence-corrected chi connectivity index (χ4v) is 2.12. The van der Waals surface area contributed by atoms with Gasteiger partial charge in [-0.2, -0.15) is 0 Å². The van der Waals surface area contributed by atoms with Crippen LogP contribution in [0.5, 0.6) is 0 Å². The maximum atomic E-state index is 10.5. The average molecular weight is 227 g/mol. The molecule has 0 saturated carbocycles. The maximum Gasteiger partial charge on any atom is 0.302 e. The lowest BCUT2D eigenvalue weighted by Crippen LogP contribution is -2.33. The van der Waals surface area contributed by atoms with E-state index in [1.165, 1.54) is 52.2 Å². The molecule has 0 unspecified atom stereocenters. The Morgan fingerprint density at radius 1 is 1.25 bits per heavy atom. The molecule has 0 N–H and O–H groups in total. The molecule has 1 rings (SSSR count). The molecule has 0 atom stereocenters. The molecule has 3 nitrogen and oxygen atoms in total. The fourth-order valence-electron chi connectivity index (χ4n) is 2.12. The SMILES string of the molecule is CC(=O)OCCCCCN1CCC(C)CC1. The van der Waals surface area contributed by atoms with Gasteiger partial charge in [0.25, 0.3) is 0 Å². The normalized spacial score (nSPS) is 18.6. The molecule has 0 aliphatic carbocycles. The monoisotopic (exact) mass is 227 g/mol. The van der Waals surface area contributed by atoms with E-state index in [0.717, 1.165) is 12.3 Å². The van der Waals surface area contributed by atoms with Gasteiger partial charge >= 0.3 is 5.97 Å². The lowest BCUT2D eigenvalue weighted by molar-refractivity contribution is -0.141. The van der Waals surface area contributed by atoms with Crippen molar-refractivity contribution in [1.29, 1.82) is 0 Å². The van der Waals surface area contributed by atoms with E-state index in [0.29, 0.717) is 6.61 Å². The van der Waals surface area contributed by atoms with Gasteiger partial charge in [-0.05, 0) is 57.7 Å². The molecule has 0 bridgehead atoms. The number of piperidine rings is 1. The highest BCUT2D eigenvalue weighted by atomic mass is 16.5. The first-order valence-electron chi connectivity index (χ1n) is 6.54. The molecule has 0 radical (unpaired) electrons. The summed E-state index contributed by atoms with van der Waals surface area (Å²) in [4.78, 5) is 13.1. The molecule has 0 spiro atoms. The number of unbranched alkanes of at least 4 members (excludes halogenated alkanes) is 2. The van der Waals surface area contributed by atoms with Gasteiger partial charge in [0.05, 0.1) is 6.61 Å². The van der Waals surface area contributed by atoms with Crippen LogP contribution in [0.25, 0.3) is 0 Å². The van der Waals surface area contributed by atoms with Gasteiger partial charge in [-0.1, -0.05) is 6.92 Å². The number of nitrogens with zero attached hydrogens (tertiary/aromatic N) is 1. The summed E-state index contributed by atoms with van der Waals surface area (Å²) < 4.78 is 4.90. The zero-order chi connectivity index (χ0) is 11.8. The van der Waals surface area contributed by atoms with Crippen LogP contribution in [0.3, 0.4) is 0 Å². The van der Waals surface area contributed by atoms with Crippen molar-refractivity contribution in [2.24, 2.45) is 5.92 Å². The average Bonchev–Trinajstić information content (AvgIpc) is 2.25. The highest BCUT2D eigenvalue weighted by Gasteiger charge is 2.14. The second-order valence-corrected chi connectivity index (χ2v) is 4.92. The van der Waals surface area contributed by atoms with Gasteiger partial charge in [-0.25, -0.2) is 0 Å². The summed E-state index contributed by atoms with van der Waals surface area (Å²) in [5.41, 5.74) is 0. The second kappa shape index (κ2) is 7.66. The van der Waals surface area contributed by atoms with Gasteiger partial charge in [0.1, 0.15) is 0 Å². The third kappa shape index (κ3) is 6.11. The molecule has 1 saturated heterocycles. The fraction of sp³-hybridized carbons (Fsp3) is 0.923. The van der Waals surface area contributed by atoms with Crippen molar-refractivity contribution in [3.8, 4) is 0 Å². The third-order valence-electron chi connectivity index (χ3n) is 3.30. The van der Waals surface area contributed by atoms with E-state index in [9.17, 15) is 4.79 Å². The van der Waals surface area contributed by atoms with Crippen LogP contribution in [0.1, 0.15) is 46.0 Å². The third-order valence-corrected chi connectivity index (χ3v) is 3.30. The Balaban J connectivity index is 1.89. The van der Waals surface area contributed by atoms with Crippen molar-refractivity contribution in [2.75, 3.05) is 26.2 Å². The zero-order valence-corrected chi connectivity index (χ0v) is 10.7. The van der Waals surface area contributed by atoms with Crippen molar-refractivity contribution in [2.45, 2.75) is 46.0 Å². The lowest BCUT2D eigenvalue weighted by Gasteiger charge is -2.30. The molecule has 1 aliphatic heterocycles. The van der Waals surface area contributed by atoms with Crippen LogP contribution < -0.4 is 0 Å². The van der Waals surface area contributed by atoms with Crippen LogP contribution in [0.4, 0.5) is 0 Å². The van der Waals surface area contributed by atoms with Gasteiger partial charge in [-0.3, -0.25) is 4.79 Å². The molecule has 94 valence electrons. The Hall–Kier alpha value is -0.570. The first kappa shape index (κ1) is 13.5. The number of hydrogen-bond acceptors (Lipinski definition) is 3. The lowest BCUT2D eigenvalue weighted by atomic mass is 9.99. The van der Waals surface area contributed by atoms with E-state index in [1.807, 2.05) is 0 Å². The smallest absolute Gasteiger partial charge is 0.302 e. The van der Waals surface area contributed by atoms with Gasteiger partial charge in [-0.15, -0.1) is 0 Å². The number of ether oxygens (including phenoxy) is 1. The second-order valence-electron chi connectivity index (χ2n) is 4.92. The van der Waals surface area contributed by atoms with Crippen molar-refractivity contribution >= 4 is 5.97 Å². The number of carbonyl (C=O) groups is 1. The number of hydrogen-bond donors (Lipinski definition) is 0. The number of likely N-dealkylation sites (tertiary alicyclic amines) is 1. The highest BCUT2D eigenvalue weighted by molar-refractivity contribution is 5.65. The van der Waals surface area contributed by atoms with Gasteiger partial charge in [0.2, 0.25) is 0 Å². The molecule has 0 aromatic rings. The minimum absolute atomic E-state index is 0.162. The Kier molecular flexibility index (Phi) is 6.46. The molecular formula is C13H25NO2. The Labute approximate surface area is 99.1 Å². The molecule has 0 aromatic heterocycles. The first-order valence-corrected chi connectivity index (χ1v) is 6.54. The van der Waals surface area contributed by atoms with E-state index in [-0.39, 0.29) is 5.97 Å². The maximum absolute atomic E-state index is 10.5. The summed E-state index contributed by atoms with van der Waals surface area (Å²) >= 11 is 0. The molecule has 1 heterocycles. The van der Waals surface area contributed by atoms with E-state index in [4.69, 9.17) is 4.74 Å². The minimum atomic E-state index is -0.162. The Morgan fingerprint density at radius 2 is 1.94 bits per heavy atom. The standard InChI is InChI=1S/C13H25NO2/c1-12-6-9-14(10-7-12)8-4-3-5-11-16-13(2)15/h12H,3-11H2,1-2H3. The molecule has 0 amide bonds. The van der Waals surface area contributed by atoms with Crippen molar-refractivity contribution < 1.29 is 9.53 Å². The number of rotatable bonds is 6. The van der Waals surface area contributed by atoms with Crippen LogP contribution in [-0.2, 0) is 9.53 Å². The minimum Gasteiger partial charge on any atom is -0.466 e. The first-order chi connectivity index (χ1) is 7.68. The molecule has 16 heavy (non-hydrogen) atoms. The Morgan fingerprint density at radius 3 is 2.56 bits per heavy atom. The van der Waals surface area contributed by atoms with Crippen LogP contribution in [-0.4, -0.2) is 37.1 Å². The van der Waals surface area contributed by atoms with E-state index in [1.54, 1.807) is 0 Å². The van der Waals surface area contributed by atoms with Crippen molar-refractivity contribution in [3.63, 3.8) is 0 Å². The van der Waals surface area contributed by atoms with E-state index >= 15 is 0 Å². The zero-order valence-electron chi connectivity index (χ0n) is 10.7. The quantitative estimate of drug-likeness (QED) is 0.515. The summed E-state index contributed by atoms with van der Waals surface area (Å²) in [6.45, 7) is 8.15. The number of carbonyl (C=O) groups excluding carboxylic acids is 1. The summed E-state index contributed by atoms with van der Waals surface area (Å²) in [5.74, 6) is 0.755. The topological polar surface area (TPSA) is 29.5 Å². The molecular weight excluding hydrogens is 202 g/mol. The Bertz CT molecular complexity index is 198. The van der Waals surface area contributed by atoms with Crippen molar-refractivity contribution in [1.82, 2.24) is 4.90 Å². The number of esters is 1. The van der Waals surface area contributed by atoms with Gasteiger partial charge in [0.15, 0.2) is 0 Å². The van der Waals surface area contributed by atoms with Crippen molar-refractivity contribution in [3.05, 3.63) is 0 Å². The van der Waals surface area contributed by atoms with E-state index in [2.05, 4.69) is 11.8 Å². The summed E-state index contributed by atoms with van der Waals surface area (Å²) in [6, 6.07) is 0. The molecule has 1 fully saturated rings. The van der Waals surface area contributed by atoms with Crippen LogP contribution in [0, 0.1) is 5.92 Å². The van der Waals surface area contributed by atoms with Crippen LogP contribution in [0.15, 0.2) is 0 Å². The van der Waals surface area contributed by atoms with Gasteiger partial charge < -0.3 is 9.64 Å². The predicted molar refractivity (Wildman–Crippen MR) is 65.3 cm³/mol. The predicted octanol–water partition coefficient (Wildman–Crippen LogP) is 2.45. The van der Waals surface area contributed by atoms with Gasteiger partial charge in [0, 0.05) is 6.92 Å². The highest BCUT2D eigenvalue weighted by Crippen LogP contribution is 2.16. The molecule has 3 heteroatoms. The molecule has 0 aromatic carbocycles. The largest absolute Gasteiger partial charge is 0.466 e. The van der Waals surface area contributed by atoms with Crippen LogP contribution in [0.2, 0.25) is 0 Å². The molecule has 1 aliphatic rings. The summed E-state index contributed by atoms with van der Waals surface area (Å²) in [5, 5.41) is 0. The van der Waals surface area contributed by atoms with Crippen LogP contribution >= 0.6 is 0 Å². The summed E-state index contributed by atoms with van der Waals surface area (Å²) in [6.07, 6.45) is 6.11. The van der Waals surface area contributed by atoms with E-state index < -0.39 is 0 Å².